The molecule has 0 N–H and O–H groups in total. The van der Waals surface area contributed by atoms with Gasteiger partial charge in [0.05, 0.1) is 11.1 Å². The zero-order valence-corrected chi connectivity index (χ0v) is 15.5. The molecule has 0 aliphatic rings. The lowest BCUT2D eigenvalue weighted by molar-refractivity contribution is 0.0964. The SMILES string of the molecule is O=C(c1ccccc1Br)n1ccc2cc(OCc3ccccc3)ccc21. The molecule has 0 saturated heterocycles. The fourth-order valence-corrected chi connectivity index (χ4v) is 3.35. The Hall–Kier alpha value is -2.85. The number of carbonyl (C=O) groups excluding carboxylic acids is 1. The van der Waals surface area contributed by atoms with E-state index in [2.05, 4.69) is 15.9 Å². The Bertz CT molecular complexity index is 1070. The van der Waals surface area contributed by atoms with Crippen molar-refractivity contribution >= 4 is 32.7 Å². The predicted molar refractivity (Wildman–Crippen MR) is 107 cm³/mol. The fourth-order valence-electron chi connectivity index (χ4n) is 2.89. The average Bonchev–Trinajstić information content (AvgIpc) is 3.10. The maximum atomic E-state index is 12.8. The summed E-state index contributed by atoms with van der Waals surface area (Å²) in [6, 6.07) is 25.2. The highest BCUT2D eigenvalue weighted by Crippen LogP contribution is 2.25. The van der Waals surface area contributed by atoms with E-state index < -0.39 is 0 Å². The van der Waals surface area contributed by atoms with Crippen LogP contribution in [0.15, 0.2) is 89.5 Å². The molecule has 0 unspecified atom stereocenters. The first-order valence-electron chi connectivity index (χ1n) is 8.29. The number of fused-ring (bicyclic) bond motifs is 1. The molecule has 0 saturated carbocycles. The van der Waals surface area contributed by atoms with Gasteiger partial charge in [0.15, 0.2) is 0 Å². The second-order valence-electron chi connectivity index (χ2n) is 5.97. The quantitative estimate of drug-likeness (QED) is 0.437. The van der Waals surface area contributed by atoms with E-state index in [0.29, 0.717) is 12.2 Å². The monoisotopic (exact) mass is 405 g/mol. The van der Waals surface area contributed by atoms with Gasteiger partial charge in [-0.1, -0.05) is 42.5 Å². The maximum Gasteiger partial charge on any atom is 0.263 e. The summed E-state index contributed by atoms with van der Waals surface area (Å²) in [5, 5.41) is 0.968. The van der Waals surface area contributed by atoms with E-state index in [1.165, 1.54) is 0 Å². The lowest BCUT2D eigenvalue weighted by Gasteiger charge is -2.08. The molecule has 0 radical (unpaired) electrons. The highest BCUT2D eigenvalue weighted by atomic mass is 79.9. The zero-order chi connectivity index (χ0) is 17.9. The van der Waals surface area contributed by atoms with Gasteiger partial charge in [-0.25, -0.2) is 0 Å². The van der Waals surface area contributed by atoms with Crippen LogP contribution in [-0.4, -0.2) is 10.5 Å². The van der Waals surface area contributed by atoms with Crippen LogP contribution in [0.5, 0.6) is 5.75 Å². The first-order valence-corrected chi connectivity index (χ1v) is 9.09. The van der Waals surface area contributed by atoms with Crippen molar-refractivity contribution in [3.63, 3.8) is 0 Å². The summed E-state index contributed by atoms with van der Waals surface area (Å²) in [7, 11) is 0. The van der Waals surface area contributed by atoms with E-state index in [1.54, 1.807) is 10.8 Å². The normalized spacial score (nSPS) is 10.8. The van der Waals surface area contributed by atoms with E-state index in [4.69, 9.17) is 4.74 Å². The third-order valence-corrected chi connectivity index (χ3v) is 4.92. The second kappa shape index (κ2) is 7.18. The summed E-state index contributed by atoms with van der Waals surface area (Å²) in [6.07, 6.45) is 1.80. The van der Waals surface area contributed by atoms with Crippen molar-refractivity contribution in [2.24, 2.45) is 0 Å². The summed E-state index contributed by atoms with van der Waals surface area (Å²) >= 11 is 3.45. The van der Waals surface area contributed by atoms with Crippen molar-refractivity contribution in [3.8, 4) is 5.75 Å². The highest BCUT2D eigenvalue weighted by Gasteiger charge is 2.14. The molecular weight excluding hydrogens is 390 g/mol. The lowest BCUT2D eigenvalue weighted by Crippen LogP contribution is -2.11. The number of halogens is 1. The average molecular weight is 406 g/mol. The first kappa shape index (κ1) is 16.6. The minimum Gasteiger partial charge on any atom is -0.489 e. The maximum absolute atomic E-state index is 12.8. The highest BCUT2D eigenvalue weighted by molar-refractivity contribution is 9.10. The molecule has 0 aliphatic heterocycles. The molecule has 26 heavy (non-hydrogen) atoms. The lowest BCUT2D eigenvalue weighted by atomic mass is 10.2. The molecule has 4 rings (SSSR count). The molecule has 4 heteroatoms. The van der Waals surface area contributed by atoms with Crippen molar-refractivity contribution in [2.75, 3.05) is 0 Å². The van der Waals surface area contributed by atoms with Gasteiger partial charge in [-0.15, -0.1) is 0 Å². The van der Waals surface area contributed by atoms with Crippen LogP contribution in [0.25, 0.3) is 10.9 Å². The number of carbonyl (C=O) groups is 1. The number of rotatable bonds is 4. The third-order valence-electron chi connectivity index (χ3n) is 4.23. The molecule has 4 aromatic rings. The molecule has 3 nitrogen and oxygen atoms in total. The molecule has 0 fully saturated rings. The molecule has 128 valence electrons. The predicted octanol–water partition coefficient (Wildman–Crippen LogP) is 5.67. The Kier molecular flexibility index (Phi) is 4.59. The number of hydrogen-bond donors (Lipinski definition) is 0. The van der Waals surface area contributed by atoms with Crippen molar-refractivity contribution in [3.05, 3.63) is 101 Å². The van der Waals surface area contributed by atoms with Gasteiger partial charge < -0.3 is 4.74 Å². The van der Waals surface area contributed by atoms with Gasteiger partial charge in [-0.3, -0.25) is 9.36 Å². The van der Waals surface area contributed by atoms with Crippen molar-refractivity contribution in [1.29, 1.82) is 0 Å². The van der Waals surface area contributed by atoms with Gasteiger partial charge in [-0.05, 0) is 57.9 Å². The van der Waals surface area contributed by atoms with Gasteiger partial charge in [-0.2, -0.15) is 0 Å². The van der Waals surface area contributed by atoms with Gasteiger partial charge >= 0.3 is 0 Å². The Morgan fingerprint density at radius 3 is 2.50 bits per heavy atom. The molecular formula is C22H16BrNO2. The van der Waals surface area contributed by atoms with Gasteiger partial charge in [0.2, 0.25) is 0 Å². The molecule has 0 aliphatic carbocycles. The van der Waals surface area contributed by atoms with E-state index in [0.717, 1.165) is 26.7 Å². The zero-order valence-electron chi connectivity index (χ0n) is 13.9. The van der Waals surface area contributed by atoms with E-state index in [1.807, 2.05) is 78.9 Å². The molecule has 3 aromatic carbocycles. The smallest absolute Gasteiger partial charge is 0.263 e. The Balaban J connectivity index is 1.59. The Labute approximate surface area is 160 Å². The van der Waals surface area contributed by atoms with Gasteiger partial charge in [0.1, 0.15) is 12.4 Å². The Morgan fingerprint density at radius 2 is 1.69 bits per heavy atom. The van der Waals surface area contributed by atoms with Crippen molar-refractivity contribution in [1.82, 2.24) is 4.57 Å². The van der Waals surface area contributed by atoms with Crippen LogP contribution in [0.3, 0.4) is 0 Å². The summed E-state index contributed by atoms with van der Waals surface area (Å²) in [6.45, 7) is 0.517. The number of hydrogen-bond acceptors (Lipinski definition) is 2. The molecule has 1 aromatic heterocycles. The standard InChI is InChI=1S/C22H16BrNO2/c23-20-9-5-4-8-19(20)22(25)24-13-12-17-14-18(10-11-21(17)24)26-15-16-6-2-1-3-7-16/h1-14H,15H2. The van der Waals surface area contributed by atoms with E-state index >= 15 is 0 Å². The van der Waals surface area contributed by atoms with E-state index in [9.17, 15) is 4.79 Å². The number of nitrogens with zero attached hydrogens (tertiary/aromatic N) is 1. The summed E-state index contributed by atoms with van der Waals surface area (Å²) < 4.78 is 8.32. The van der Waals surface area contributed by atoms with Gasteiger partial charge in [0.25, 0.3) is 5.91 Å². The molecule has 0 spiro atoms. The van der Waals surface area contributed by atoms with Crippen LogP contribution < -0.4 is 4.74 Å². The number of aromatic nitrogens is 1. The number of ether oxygens (including phenoxy) is 1. The first-order chi connectivity index (χ1) is 12.7. The largest absolute Gasteiger partial charge is 0.489 e. The van der Waals surface area contributed by atoms with E-state index in [-0.39, 0.29) is 5.91 Å². The van der Waals surface area contributed by atoms with Crippen LogP contribution in [0, 0.1) is 0 Å². The van der Waals surface area contributed by atoms with Crippen LogP contribution in [-0.2, 0) is 6.61 Å². The van der Waals surface area contributed by atoms with Crippen molar-refractivity contribution in [2.45, 2.75) is 6.61 Å². The van der Waals surface area contributed by atoms with Crippen LogP contribution >= 0.6 is 15.9 Å². The van der Waals surface area contributed by atoms with Crippen LogP contribution in [0.2, 0.25) is 0 Å². The van der Waals surface area contributed by atoms with Crippen molar-refractivity contribution < 1.29 is 9.53 Å². The minimum absolute atomic E-state index is 0.0644. The summed E-state index contributed by atoms with van der Waals surface area (Å²) in [5.74, 6) is 0.720. The third kappa shape index (κ3) is 3.28. The van der Waals surface area contributed by atoms with Gasteiger partial charge in [0, 0.05) is 16.1 Å². The number of benzene rings is 3. The summed E-state index contributed by atoms with van der Waals surface area (Å²) in [5.41, 5.74) is 2.61. The molecule has 1 heterocycles. The second-order valence-corrected chi connectivity index (χ2v) is 6.82. The Morgan fingerprint density at radius 1 is 0.923 bits per heavy atom. The molecule has 0 atom stereocenters. The topological polar surface area (TPSA) is 31.2 Å². The molecule has 0 amide bonds. The van der Waals surface area contributed by atoms with Crippen LogP contribution in [0.1, 0.15) is 15.9 Å². The van der Waals surface area contributed by atoms with Crippen LogP contribution in [0.4, 0.5) is 0 Å². The summed E-state index contributed by atoms with van der Waals surface area (Å²) in [4.78, 5) is 12.8. The molecule has 0 bridgehead atoms. The minimum atomic E-state index is -0.0644. The fraction of sp³-hybridized carbons (Fsp3) is 0.0455.